The van der Waals surface area contributed by atoms with Crippen LogP contribution in [0.2, 0.25) is 0 Å². The van der Waals surface area contributed by atoms with Gasteiger partial charge >= 0.3 is 0 Å². The van der Waals surface area contributed by atoms with Crippen molar-refractivity contribution in [3.8, 4) is 22.9 Å². The maximum absolute atomic E-state index is 5.40. The third-order valence-electron chi connectivity index (χ3n) is 3.72. The fourth-order valence-electron chi connectivity index (χ4n) is 2.33. The second-order valence-corrected chi connectivity index (χ2v) is 5.56. The van der Waals surface area contributed by atoms with Crippen LogP contribution in [0.3, 0.4) is 0 Å². The highest BCUT2D eigenvalue weighted by molar-refractivity contribution is 5.87. The zero-order chi connectivity index (χ0) is 16.4. The Morgan fingerprint density at radius 2 is 2.04 bits per heavy atom. The number of aromatic nitrogens is 2. The standard InChI is InChI=1S/C16H19N3O4/c1-9(2)12-8-14(22-18-12)16-17-15(19-23-16)11-6-5-10(20-3)7-13(11)21-4/h5-7,9,14H,8H2,1-4H3. The zero-order valence-corrected chi connectivity index (χ0v) is 13.6. The molecule has 1 aliphatic heterocycles. The van der Waals surface area contributed by atoms with Crippen molar-refractivity contribution in [2.45, 2.75) is 26.4 Å². The summed E-state index contributed by atoms with van der Waals surface area (Å²) in [6.45, 7) is 4.15. The summed E-state index contributed by atoms with van der Waals surface area (Å²) in [4.78, 5) is 9.82. The number of hydrogen-bond acceptors (Lipinski definition) is 7. The summed E-state index contributed by atoms with van der Waals surface area (Å²) in [5.41, 5.74) is 1.73. The van der Waals surface area contributed by atoms with Gasteiger partial charge in [-0.2, -0.15) is 4.98 Å². The Bertz CT molecular complexity index is 724. The Morgan fingerprint density at radius 3 is 2.70 bits per heavy atom. The third kappa shape index (κ3) is 2.99. The van der Waals surface area contributed by atoms with Crippen LogP contribution in [0.5, 0.6) is 11.5 Å². The molecule has 23 heavy (non-hydrogen) atoms. The molecule has 7 heteroatoms. The van der Waals surface area contributed by atoms with Gasteiger partial charge in [-0.05, 0) is 18.1 Å². The van der Waals surface area contributed by atoms with Gasteiger partial charge in [0.05, 0.1) is 25.5 Å². The molecule has 0 saturated heterocycles. The molecule has 0 amide bonds. The van der Waals surface area contributed by atoms with Gasteiger partial charge in [-0.25, -0.2) is 0 Å². The first-order chi connectivity index (χ1) is 11.1. The summed E-state index contributed by atoms with van der Waals surface area (Å²) in [6, 6.07) is 5.43. The summed E-state index contributed by atoms with van der Waals surface area (Å²) in [5.74, 6) is 2.51. The van der Waals surface area contributed by atoms with Gasteiger partial charge in [0.25, 0.3) is 5.89 Å². The monoisotopic (exact) mass is 317 g/mol. The molecule has 0 N–H and O–H groups in total. The van der Waals surface area contributed by atoms with Gasteiger partial charge in [0.1, 0.15) is 11.5 Å². The van der Waals surface area contributed by atoms with Crippen molar-refractivity contribution < 1.29 is 18.8 Å². The smallest absolute Gasteiger partial charge is 0.271 e. The number of oxime groups is 1. The molecule has 0 bridgehead atoms. The van der Waals surface area contributed by atoms with E-state index in [0.29, 0.717) is 35.6 Å². The van der Waals surface area contributed by atoms with Crippen molar-refractivity contribution in [2.24, 2.45) is 11.1 Å². The molecule has 0 spiro atoms. The van der Waals surface area contributed by atoms with Crippen LogP contribution < -0.4 is 9.47 Å². The molecule has 1 aromatic carbocycles. The topological polar surface area (TPSA) is 79.0 Å². The lowest BCUT2D eigenvalue weighted by atomic mass is 10.0. The van der Waals surface area contributed by atoms with Crippen molar-refractivity contribution >= 4 is 5.71 Å². The number of rotatable bonds is 5. The molecule has 2 heterocycles. The molecule has 0 aliphatic carbocycles. The Morgan fingerprint density at radius 1 is 1.22 bits per heavy atom. The number of methoxy groups -OCH3 is 2. The van der Waals surface area contributed by atoms with Crippen LogP contribution in [0.1, 0.15) is 32.3 Å². The number of benzene rings is 1. The summed E-state index contributed by atoms with van der Waals surface area (Å²) in [7, 11) is 3.19. The van der Waals surface area contributed by atoms with E-state index in [1.165, 1.54) is 0 Å². The van der Waals surface area contributed by atoms with E-state index < -0.39 is 0 Å². The highest BCUT2D eigenvalue weighted by Gasteiger charge is 2.30. The summed E-state index contributed by atoms with van der Waals surface area (Å²) >= 11 is 0. The van der Waals surface area contributed by atoms with Crippen LogP contribution in [-0.4, -0.2) is 30.1 Å². The van der Waals surface area contributed by atoms with Gasteiger partial charge in [0, 0.05) is 12.5 Å². The van der Waals surface area contributed by atoms with Gasteiger partial charge in [-0.15, -0.1) is 0 Å². The third-order valence-corrected chi connectivity index (χ3v) is 3.72. The van der Waals surface area contributed by atoms with Crippen molar-refractivity contribution in [2.75, 3.05) is 14.2 Å². The fraction of sp³-hybridized carbons (Fsp3) is 0.438. The Labute approximate surface area is 134 Å². The zero-order valence-electron chi connectivity index (χ0n) is 13.6. The fourth-order valence-corrected chi connectivity index (χ4v) is 2.33. The maximum Gasteiger partial charge on any atom is 0.271 e. The van der Waals surface area contributed by atoms with E-state index in [2.05, 4.69) is 29.1 Å². The Hall–Kier alpha value is -2.57. The maximum atomic E-state index is 5.40. The molecule has 1 aromatic heterocycles. The minimum atomic E-state index is -0.321. The molecule has 1 atom stereocenters. The largest absolute Gasteiger partial charge is 0.497 e. The van der Waals surface area contributed by atoms with E-state index >= 15 is 0 Å². The van der Waals surface area contributed by atoms with E-state index in [1.807, 2.05) is 12.1 Å². The van der Waals surface area contributed by atoms with Crippen molar-refractivity contribution in [1.29, 1.82) is 0 Å². The molecular weight excluding hydrogens is 298 g/mol. The lowest BCUT2D eigenvalue weighted by molar-refractivity contribution is 0.0599. The van der Waals surface area contributed by atoms with Crippen LogP contribution in [0.15, 0.2) is 27.9 Å². The van der Waals surface area contributed by atoms with Gasteiger partial charge in [-0.3, -0.25) is 0 Å². The lowest BCUT2D eigenvalue weighted by Gasteiger charge is -2.07. The van der Waals surface area contributed by atoms with E-state index in [1.54, 1.807) is 20.3 Å². The van der Waals surface area contributed by atoms with Gasteiger partial charge in [0.15, 0.2) is 0 Å². The van der Waals surface area contributed by atoms with E-state index in [-0.39, 0.29) is 6.10 Å². The van der Waals surface area contributed by atoms with Crippen molar-refractivity contribution in [3.63, 3.8) is 0 Å². The molecule has 0 fully saturated rings. The molecule has 1 unspecified atom stereocenters. The SMILES string of the molecule is COc1ccc(-c2noc(C3CC(C(C)C)=NO3)n2)c(OC)c1. The minimum absolute atomic E-state index is 0.321. The lowest BCUT2D eigenvalue weighted by Crippen LogP contribution is -2.06. The second-order valence-electron chi connectivity index (χ2n) is 5.56. The summed E-state index contributed by atoms with van der Waals surface area (Å²) in [5, 5.41) is 8.11. The van der Waals surface area contributed by atoms with Crippen molar-refractivity contribution in [3.05, 3.63) is 24.1 Å². The predicted molar refractivity (Wildman–Crippen MR) is 83.6 cm³/mol. The first-order valence-corrected chi connectivity index (χ1v) is 7.41. The highest BCUT2D eigenvalue weighted by Crippen LogP contribution is 2.34. The van der Waals surface area contributed by atoms with Gasteiger partial charge in [0.2, 0.25) is 11.9 Å². The average molecular weight is 317 g/mol. The second kappa shape index (κ2) is 6.28. The first kappa shape index (κ1) is 15.3. The van der Waals surface area contributed by atoms with Crippen LogP contribution in [0, 0.1) is 5.92 Å². The molecule has 2 aromatic rings. The van der Waals surface area contributed by atoms with Crippen LogP contribution >= 0.6 is 0 Å². The highest BCUT2D eigenvalue weighted by atomic mass is 16.7. The van der Waals surface area contributed by atoms with Gasteiger partial charge < -0.3 is 18.8 Å². The average Bonchev–Trinajstić information content (AvgIpc) is 3.23. The molecule has 1 aliphatic rings. The Balaban J connectivity index is 1.83. The predicted octanol–water partition coefficient (Wildman–Crippen LogP) is 3.23. The molecule has 0 saturated carbocycles. The normalized spacial score (nSPS) is 17.1. The Kier molecular flexibility index (Phi) is 4.18. The van der Waals surface area contributed by atoms with Crippen LogP contribution in [0.4, 0.5) is 0 Å². The number of nitrogens with zero attached hydrogens (tertiary/aromatic N) is 3. The summed E-state index contributed by atoms with van der Waals surface area (Å²) < 4.78 is 15.9. The minimum Gasteiger partial charge on any atom is -0.497 e. The van der Waals surface area contributed by atoms with Crippen LogP contribution in [0.25, 0.3) is 11.4 Å². The molecule has 7 nitrogen and oxygen atoms in total. The van der Waals surface area contributed by atoms with Crippen molar-refractivity contribution in [1.82, 2.24) is 10.1 Å². The first-order valence-electron chi connectivity index (χ1n) is 7.41. The number of hydrogen-bond donors (Lipinski definition) is 0. The molecule has 122 valence electrons. The van der Waals surface area contributed by atoms with E-state index in [9.17, 15) is 0 Å². The molecular formula is C16H19N3O4. The van der Waals surface area contributed by atoms with Gasteiger partial charge in [-0.1, -0.05) is 24.2 Å². The number of ether oxygens (including phenoxy) is 2. The van der Waals surface area contributed by atoms with E-state index in [0.717, 1.165) is 11.3 Å². The molecule has 3 rings (SSSR count). The van der Waals surface area contributed by atoms with Crippen LogP contribution in [-0.2, 0) is 4.84 Å². The quantitative estimate of drug-likeness (QED) is 0.842. The summed E-state index contributed by atoms with van der Waals surface area (Å²) in [6.07, 6.45) is 0.344. The molecule has 0 radical (unpaired) electrons. The van der Waals surface area contributed by atoms with E-state index in [4.69, 9.17) is 18.8 Å².